The van der Waals surface area contributed by atoms with E-state index in [0.29, 0.717) is 49.2 Å². The fourth-order valence-corrected chi connectivity index (χ4v) is 6.58. The average Bonchev–Trinajstić information content (AvgIpc) is 3.50. The van der Waals surface area contributed by atoms with E-state index in [0.717, 1.165) is 27.5 Å². The number of aromatic nitrogens is 4. The van der Waals surface area contributed by atoms with Crippen molar-refractivity contribution in [3.05, 3.63) is 59.9 Å². The molecule has 0 amide bonds. The van der Waals surface area contributed by atoms with Crippen molar-refractivity contribution < 1.29 is 26.7 Å². The van der Waals surface area contributed by atoms with Crippen LogP contribution in [0.3, 0.4) is 0 Å². The fraction of sp³-hybridized carbons (Fsp3) is 0.370. The van der Waals surface area contributed by atoms with Crippen LogP contribution in [0.25, 0.3) is 27.0 Å². The van der Waals surface area contributed by atoms with Crippen molar-refractivity contribution in [2.24, 2.45) is 0 Å². The van der Waals surface area contributed by atoms with Gasteiger partial charge in [0, 0.05) is 37.7 Å². The van der Waals surface area contributed by atoms with Crippen LogP contribution in [0.15, 0.2) is 42.7 Å². The van der Waals surface area contributed by atoms with Gasteiger partial charge in [0.2, 0.25) is 0 Å². The second-order valence-electron chi connectivity index (χ2n) is 10.1. The summed E-state index contributed by atoms with van der Waals surface area (Å²) in [5, 5.41) is 4.17. The Labute approximate surface area is 230 Å². The summed E-state index contributed by atoms with van der Waals surface area (Å²) in [5.41, 5.74) is 1.70. The largest absolute Gasteiger partial charge is 0.491 e. The van der Waals surface area contributed by atoms with E-state index in [-0.39, 0.29) is 17.8 Å². The zero-order valence-corrected chi connectivity index (χ0v) is 22.4. The number of pyridine rings is 1. The highest BCUT2D eigenvalue weighted by Crippen LogP contribution is 2.43. The third kappa shape index (κ3) is 5.03. The van der Waals surface area contributed by atoms with Crippen LogP contribution in [0, 0.1) is 11.6 Å². The number of piperazine rings is 1. The Bertz CT molecular complexity index is 1540. The third-order valence-corrected chi connectivity index (χ3v) is 8.37. The molecule has 0 N–H and O–H groups in total. The van der Waals surface area contributed by atoms with Crippen LogP contribution in [0.4, 0.5) is 27.8 Å². The molecule has 4 aromatic rings. The van der Waals surface area contributed by atoms with Crippen molar-refractivity contribution >= 4 is 17.2 Å². The number of fused-ring (bicyclic) bond motifs is 3. The van der Waals surface area contributed by atoms with Crippen LogP contribution in [0.2, 0.25) is 0 Å². The van der Waals surface area contributed by atoms with Crippen molar-refractivity contribution in [1.82, 2.24) is 24.6 Å². The molecule has 210 valence electrons. The van der Waals surface area contributed by atoms with Gasteiger partial charge in [-0.2, -0.15) is 18.3 Å². The molecule has 0 saturated carbocycles. The normalized spacial score (nSPS) is 19.6. The van der Waals surface area contributed by atoms with Gasteiger partial charge < -0.3 is 9.64 Å². The highest BCUT2D eigenvalue weighted by atomic mass is 32.1. The minimum Gasteiger partial charge on any atom is -0.491 e. The number of anilines is 1. The molecule has 2 unspecified atom stereocenters. The number of alkyl halides is 3. The minimum absolute atomic E-state index is 0.0783. The lowest BCUT2D eigenvalue weighted by atomic mass is 10.1. The van der Waals surface area contributed by atoms with Crippen LogP contribution in [-0.2, 0) is 6.42 Å². The molecule has 1 fully saturated rings. The van der Waals surface area contributed by atoms with Gasteiger partial charge in [-0.1, -0.05) is 0 Å². The Morgan fingerprint density at radius 1 is 1.05 bits per heavy atom. The first-order valence-corrected chi connectivity index (χ1v) is 13.6. The summed E-state index contributed by atoms with van der Waals surface area (Å²) in [4.78, 5) is 14.4. The molecule has 0 radical (unpaired) electrons. The monoisotopic (exact) mass is 576 g/mol. The van der Waals surface area contributed by atoms with Crippen LogP contribution >= 0.6 is 11.3 Å². The van der Waals surface area contributed by atoms with Crippen molar-refractivity contribution in [3.8, 4) is 32.7 Å². The van der Waals surface area contributed by atoms with Gasteiger partial charge in [0.05, 0.1) is 22.9 Å². The highest BCUT2D eigenvalue weighted by molar-refractivity contribution is 7.19. The van der Waals surface area contributed by atoms with Gasteiger partial charge in [0.15, 0.2) is 11.6 Å². The topological polar surface area (TPSA) is 59.3 Å². The molecule has 13 heteroatoms. The molecule has 5 heterocycles. The van der Waals surface area contributed by atoms with E-state index in [2.05, 4.69) is 10.1 Å². The van der Waals surface area contributed by atoms with E-state index in [4.69, 9.17) is 9.72 Å². The zero-order valence-electron chi connectivity index (χ0n) is 21.6. The molecule has 7 nitrogen and oxygen atoms in total. The molecule has 1 aromatic carbocycles. The van der Waals surface area contributed by atoms with Crippen molar-refractivity contribution in [2.75, 3.05) is 31.1 Å². The molecule has 2 aliphatic heterocycles. The summed E-state index contributed by atoms with van der Waals surface area (Å²) >= 11 is 1.42. The Kier molecular flexibility index (Phi) is 6.73. The SMILES string of the molecule is CC1CN(c2ccc3c(n2)-c2sc(-c4ncnn4-c4ccc(F)cc4F)cc2CCO3)CC(C)N1CC(F)(F)F. The van der Waals surface area contributed by atoms with Crippen LogP contribution in [-0.4, -0.2) is 69.1 Å². The van der Waals surface area contributed by atoms with Gasteiger partial charge in [0.1, 0.15) is 35.1 Å². The lowest BCUT2D eigenvalue weighted by Gasteiger charge is -2.45. The molecule has 40 heavy (non-hydrogen) atoms. The molecule has 6 rings (SSSR count). The quantitative estimate of drug-likeness (QED) is 0.289. The predicted octanol–water partition coefficient (Wildman–Crippen LogP) is 5.73. The number of hydrogen-bond donors (Lipinski definition) is 0. The molecule has 2 aliphatic rings. The molecule has 0 bridgehead atoms. The number of benzene rings is 1. The highest BCUT2D eigenvalue weighted by Gasteiger charge is 2.38. The Balaban J connectivity index is 1.33. The second kappa shape index (κ2) is 10.1. The Hall–Kier alpha value is -3.58. The molecule has 3 aromatic heterocycles. The maximum Gasteiger partial charge on any atom is 0.401 e. The summed E-state index contributed by atoms with van der Waals surface area (Å²) < 4.78 is 74.7. The number of rotatable bonds is 4. The first-order chi connectivity index (χ1) is 19.1. The lowest BCUT2D eigenvalue weighted by Crippen LogP contribution is -2.59. The van der Waals surface area contributed by atoms with Crippen molar-refractivity contribution in [1.29, 1.82) is 0 Å². The molecule has 0 spiro atoms. The summed E-state index contributed by atoms with van der Waals surface area (Å²) in [6.45, 7) is 3.89. The van der Waals surface area contributed by atoms with Gasteiger partial charge >= 0.3 is 6.18 Å². The number of thiophene rings is 1. The lowest BCUT2D eigenvalue weighted by molar-refractivity contribution is -0.156. The molecule has 1 saturated heterocycles. The van der Waals surface area contributed by atoms with Crippen LogP contribution < -0.4 is 9.64 Å². The minimum atomic E-state index is -4.26. The molecule has 0 aliphatic carbocycles. The van der Waals surface area contributed by atoms with Gasteiger partial charge in [0.25, 0.3) is 0 Å². The van der Waals surface area contributed by atoms with E-state index in [9.17, 15) is 22.0 Å². The van der Waals surface area contributed by atoms with E-state index in [1.165, 1.54) is 33.3 Å². The molecule has 2 atom stereocenters. The van der Waals surface area contributed by atoms with E-state index < -0.39 is 24.4 Å². The predicted molar refractivity (Wildman–Crippen MR) is 141 cm³/mol. The number of halogens is 5. The van der Waals surface area contributed by atoms with E-state index in [1.54, 1.807) is 13.8 Å². The van der Waals surface area contributed by atoms with Crippen molar-refractivity contribution in [2.45, 2.75) is 38.5 Å². The Morgan fingerprint density at radius 2 is 1.82 bits per heavy atom. The maximum absolute atomic E-state index is 14.6. The first-order valence-electron chi connectivity index (χ1n) is 12.8. The van der Waals surface area contributed by atoms with E-state index in [1.807, 2.05) is 23.1 Å². The summed E-state index contributed by atoms with van der Waals surface area (Å²) in [6, 6.07) is 8.29. The average molecular weight is 577 g/mol. The maximum atomic E-state index is 14.6. The van der Waals surface area contributed by atoms with Gasteiger partial charge in [-0.3, -0.25) is 4.90 Å². The number of nitrogens with zero attached hydrogens (tertiary/aromatic N) is 6. The van der Waals surface area contributed by atoms with Gasteiger partial charge in [-0.15, -0.1) is 11.3 Å². The third-order valence-electron chi connectivity index (χ3n) is 7.19. The van der Waals surface area contributed by atoms with Crippen LogP contribution in [0.1, 0.15) is 19.4 Å². The molecular formula is C27H25F5N6OS. The standard InChI is InChI=1S/C27H25F5N6OS/c1-15-11-36(12-16(2)37(15)13-27(30,31)32)23-6-5-21-24(35-23)25-17(7-8-39-21)9-22(40-25)26-33-14-34-38(26)20-4-3-18(28)10-19(20)29/h3-6,9-10,14-16H,7-8,11-13H2,1-2H3. The number of hydrogen-bond acceptors (Lipinski definition) is 7. The van der Waals surface area contributed by atoms with Gasteiger partial charge in [-0.05, 0) is 49.7 Å². The summed E-state index contributed by atoms with van der Waals surface area (Å²) in [5.74, 6) is 0.236. The zero-order chi connectivity index (χ0) is 28.2. The van der Waals surface area contributed by atoms with E-state index >= 15 is 0 Å². The first kappa shape index (κ1) is 26.6. The number of ether oxygens (including phenoxy) is 1. The van der Waals surface area contributed by atoms with Crippen LogP contribution in [0.5, 0.6) is 5.75 Å². The molecular weight excluding hydrogens is 551 g/mol. The summed E-state index contributed by atoms with van der Waals surface area (Å²) in [6.07, 6.45) is -2.33. The van der Waals surface area contributed by atoms with Crippen molar-refractivity contribution in [3.63, 3.8) is 0 Å². The van der Waals surface area contributed by atoms with Gasteiger partial charge in [-0.25, -0.2) is 23.4 Å². The smallest absolute Gasteiger partial charge is 0.401 e. The fourth-order valence-electron chi connectivity index (χ4n) is 5.39. The Morgan fingerprint density at radius 3 is 2.55 bits per heavy atom. The second-order valence-corrected chi connectivity index (χ2v) is 11.1. The summed E-state index contributed by atoms with van der Waals surface area (Å²) in [7, 11) is 0.